The van der Waals surface area contributed by atoms with Crippen LogP contribution in [0.2, 0.25) is 20.1 Å². The van der Waals surface area contributed by atoms with Crippen LogP contribution in [0.4, 0.5) is 11.4 Å². The Kier molecular flexibility index (Phi) is 6.32. The van der Waals surface area contributed by atoms with Gasteiger partial charge in [-0.1, -0.05) is 64.6 Å². The molecule has 158 valence electrons. The summed E-state index contributed by atoms with van der Waals surface area (Å²) in [6, 6.07) is 19.7. The average Bonchev–Trinajstić information content (AvgIpc) is 3.14. The Balaban J connectivity index is 1.96. The largest absolute Gasteiger partial charge is 0.320 e. The fourth-order valence-electron chi connectivity index (χ4n) is 3.50. The highest BCUT2D eigenvalue weighted by atomic mass is 35.5. The highest BCUT2D eigenvalue weighted by molar-refractivity contribution is 6.36. The number of anilines is 2. The maximum Gasteiger partial charge on any atom is 0.283 e. The number of hydrogen-bond donors (Lipinski definition) is 2. The fraction of sp³-hybridized carbons (Fsp3) is 0.0455. The van der Waals surface area contributed by atoms with E-state index in [4.69, 9.17) is 52.2 Å². The van der Waals surface area contributed by atoms with Crippen molar-refractivity contribution in [3.8, 4) is 0 Å². The van der Waals surface area contributed by atoms with E-state index in [9.17, 15) is 4.79 Å². The molecular formula is C22H16Cl4N4O. The molecule has 0 aliphatic carbocycles. The van der Waals surface area contributed by atoms with Gasteiger partial charge in [-0.05, 0) is 48.5 Å². The fourth-order valence-corrected chi connectivity index (χ4v) is 4.36. The van der Waals surface area contributed by atoms with Gasteiger partial charge in [0.25, 0.3) is 5.91 Å². The second kappa shape index (κ2) is 8.99. The number of benzene rings is 3. The molecule has 0 radical (unpaired) electrons. The van der Waals surface area contributed by atoms with Crippen LogP contribution < -0.4 is 21.1 Å². The Hall–Kier alpha value is -2.41. The van der Waals surface area contributed by atoms with Crippen LogP contribution in [0.25, 0.3) is 0 Å². The molecule has 1 amide bonds. The molecule has 0 saturated heterocycles. The van der Waals surface area contributed by atoms with Crippen LogP contribution in [-0.4, -0.2) is 5.91 Å². The lowest BCUT2D eigenvalue weighted by Gasteiger charge is -2.35. The molecule has 1 heterocycles. The van der Waals surface area contributed by atoms with Gasteiger partial charge in [0.2, 0.25) is 0 Å². The number of hydrazine groups is 1. The van der Waals surface area contributed by atoms with Gasteiger partial charge in [-0.15, -0.1) is 0 Å². The second-order valence-electron chi connectivity index (χ2n) is 6.73. The Morgan fingerprint density at radius 1 is 0.871 bits per heavy atom. The number of nitrogens with two attached hydrogens (primary N) is 1. The molecule has 0 spiro atoms. The van der Waals surface area contributed by atoms with Crippen molar-refractivity contribution in [3.05, 3.63) is 104 Å². The van der Waals surface area contributed by atoms with Crippen molar-refractivity contribution in [1.29, 1.82) is 0 Å². The molecule has 0 aromatic heterocycles. The predicted octanol–water partition coefficient (Wildman–Crippen LogP) is 6.16. The minimum Gasteiger partial charge on any atom is -0.320 e. The van der Waals surface area contributed by atoms with Crippen LogP contribution >= 0.6 is 46.4 Å². The number of carbonyl (C=O) groups excluding carboxylic acids is 1. The number of nitrogens with zero attached hydrogens (tertiary/aromatic N) is 2. The van der Waals surface area contributed by atoms with Crippen LogP contribution in [-0.2, 0) is 4.79 Å². The van der Waals surface area contributed by atoms with Gasteiger partial charge in [-0.2, -0.15) is 0 Å². The van der Waals surface area contributed by atoms with Crippen LogP contribution in [0.5, 0.6) is 0 Å². The summed E-state index contributed by atoms with van der Waals surface area (Å²) < 4.78 is 0. The first-order chi connectivity index (χ1) is 14.9. The van der Waals surface area contributed by atoms with E-state index in [2.05, 4.69) is 5.43 Å². The number of halogens is 4. The summed E-state index contributed by atoms with van der Waals surface area (Å²) in [4.78, 5) is 16.5. The van der Waals surface area contributed by atoms with Gasteiger partial charge >= 0.3 is 0 Å². The van der Waals surface area contributed by atoms with Crippen LogP contribution in [0.3, 0.4) is 0 Å². The topological polar surface area (TPSA) is 61.6 Å². The molecule has 1 aliphatic heterocycles. The lowest BCUT2D eigenvalue weighted by Crippen LogP contribution is -2.39. The summed E-state index contributed by atoms with van der Waals surface area (Å²) in [5.41, 5.74) is 4.62. The van der Waals surface area contributed by atoms with E-state index in [0.717, 1.165) is 11.3 Å². The quantitative estimate of drug-likeness (QED) is 0.259. The van der Waals surface area contributed by atoms with Crippen molar-refractivity contribution in [1.82, 2.24) is 5.43 Å². The second-order valence-corrected chi connectivity index (χ2v) is 8.42. The van der Waals surface area contributed by atoms with Crippen LogP contribution in [0.1, 0.15) is 11.7 Å². The molecule has 3 N–H and O–H groups in total. The zero-order valence-electron chi connectivity index (χ0n) is 15.9. The predicted molar refractivity (Wildman–Crippen MR) is 127 cm³/mol. The minimum atomic E-state index is -0.527. The molecule has 3 aromatic carbocycles. The van der Waals surface area contributed by atoms with Gasteiger partial charge in [-0.25, -0.2) is 5.84 Å². The summed E-state index contributed by atoms with van der Waals surface area (Å²) in [5, 5.41) is 1.98. The third-order valence-electron chi connectivity index (χ3n) is 4.87. The third kappa shape index (κ3) is 4.20. The summed E-state index contributed by atoms with van der Waals surface area (Å²) in [7, 11) is 0. The first kappa shape index (κ1) is 21.8. The van der Waals surface area contributed by atoms with Gasteiger partial charge in [0, 0.05) is 32.5 Å². The van der Waals surface area contributed by atoms with E-state index in [1.807, 2.05) is 35.2 Å². The van der Waals surface area contributed by atoms with E-state index in [-0.39, 0.29) is 5.70 Å². The van der Waals surface area contributed by atoms with E-state index < -0.39 is 12.1 Å². The maximum absolute atomic E-state index is 12.8. The standard InChI is InChI=1S/C22H16Cl4N4O/c23-13-5-8-15(9-6-13)29-12-20(21(31)28-27)30(19-10-7-14(24)11-18(19)26)22(29)16-3-1-2-4-17(16)25/h1-12,22H,27H2,(H,28,31). The van der Waals surface area contributed by atoms with Crippen molar-refractivity contribution in [3.63, 3.8) is 0 Å². The van der Waals surface area contributed by atoms with E-state index in [1.54, 1.807) is 47.5 Å². The lowest BCUT2D eigenvalue weighted by atomic mass is 10.1. The van der Waals surface area contributed by atoms with Gasteiger partial charge in [-0.3, -0.25) is 10.2 Å². The lowest BCUT2D eigenvalue weighted by molar-refractivity contribution is -0.117. The zero-order valence-corrected chi connectivity index (χ0v) is 18.9. The van der Waals surface area contributed by atoms with Gasteiger partial charge in [0.15, 0.2) is 0 Å². The highest BCUT2D eigenvalue weighted by Gasteiger charge is 2.40. The van der Waals surface area contributed by atoms with Crippen molar-refractivity contribution in [2.45, 2.75) is 6.17 Å². The molecule has 3 aromatic rings. The summed E-state index contributed by atoms with van der Waals surface area (Å²) in [6.45, 7) is 0. The Morgan fingerprint density at radius 3 is 2.19 bits per heavy atom. The number of carbonyl (C=O) groups is 1. The Morgan fingerprint density at radius 2 is 1.55 bits per heavy atom. The monoisotopic (exact) mass is 492 g/mol. The average molecular weight is 494 g/mol. The van der Waals surface area contributed by atoms with E-state index >= 15 is 0 Å². The van der Waals surface area contributed by atoms with Gasteiger partial charge in [0.05, 0.1) is 10.7 Å². The number of hydrogen-bond acceptors (Lipinski definition) is 4. The first-order valence-corrected chi connectivity index (χ1v) is 10.7. The van der Waals surface area contributed by atoms with Crippen molar-refractivity contribution in [2.24, 2.45) is 5.84 Å². The molecule has 0 saturated carbocycles. The summed E-state index contributed by atoms with van der Waals surface area (Å²) in [6.07, 6.45) is 1.17. The minimum absolute atomic E-state index is 0.284. The SMILES string of the molecule is NNC(=O)C1=CN(c2ccc(Cl)cc2)C(c2ccccc2Cl)N1c1ccc(Cl)cc1Cl. The van der Waals surface area contributed by atoms with Crippen molar-refractivity contribution in [2.75, 3.05) is 9.80 Å². The van der Waals surface area contributed by atoms with Crippen LogP contribution in [0.15, 0.2) is 78.6 Å². The molecule has 1 unspecified atom stereocenters. The molecule has 0 bridgehead atoms. The van der Waals surface area contributed by atoms with Gasteiger partial charge < -0.3 is 9.80 Å². The van der Waals surface area contributed by atoms with E-state index in [0.29, 0.717) is 25.8 Å². The molecule has 5 nitrogen and oxygen atoms in total. The molecule has 4 rings (SSSR count). The smallest absolute Gasteiger partial charge is 0.283 e. The van der Waals surface area contributed by atoms with Gasteiger partial charge in [0.1, 0.15) is 11.9 Å². The zero-order chi connectivity index (χ0) is 22.1. The maximum atomic E-state index is 12.8. The molecular weight excluding hydrogens is 478 g/mol. The third-order valence-corrected chi connectivity index (χ3v) is 6.00. The first-order valence-electron chi connectivity index (χ1n) is 9.16. The summed E-state index contributed by atoms with van der Waals surface area (Å²) >= 11 is 25.3. The Labute approximate surface area is 199 Å². The molecule has 1 aliphatic rings. The number of nitrogens with one attached hydrogen (secondary N) is 1. The van der Waals surface area contributed by atoms with Crippen LogP contribution in [0, 0.1) is 0 Å². The van der Waals surface area contributed by atoms with Crippen molar-refractivity contribution >= 4 is 63.7 Å². The number of amides is 1. The van der Waals surface area contributed by atoms with Crippen molar-refractivity contribution < 1.29 is 4.79 Å². The highest BCUT2D eigenvalue weighted by Crippen LogP contribution is 2.46. The van der Waals surface area contributed by atoms with E-state index in [1.165, 1.54) is 0 Å². The Bertz CT molecular complexity index is 1170. The molecule has 0 fully saturated rings. The normalized spacial score (nSPS) is 15.8. The molecule has 1 atom stereocenters. The molecule has 31 heavy (non-hydrogen) atoms. The molecule has 9 heteroatoms. The summed E-state index contributed by atoms with van der Waals surface area (Å²) in [5.74, 6) is 5.00. The number of rotatable bonds is 4.